The van der Waals surface area contributed by atoms with E-state index in [1.54, 1.807) is 43.3 Å². The summed E-state index contributed by atoms with van der Waals surface area (Å²) in [6, 6.07) is 12.9. The topological polar surface area (TPSA) is 105 Å². The lowest BCUT2D eigenvalue weighted by atomic mass is 10.0. The first-order chi connectivity index (χ1) is 19.7. The van der Waals surface area contributed by atoms with E-state index >= 15 is 0 Å². The van der Waals surface area contributed by atoms with E-state index in [0.29, 0.717) is 48.8 Å². The van der Waals surface area contributed by atoms with Crippen molar-refractivity contribution in [1.82, 2.24) is 5.16 Å². The molecule has 11 heteroatoms. The van der Waals surface area contributed by atoms with E-state index in [-0.39, 0.29) is 23.8 Å². The number of hydrogen-bond donors (Lipinski definition) is 0. The van der Waals surface area contributed by atoms with E-state index in [0.717, 1.165) is 24.2 Å². The minimum Gasteiger partial charge on any atom is -0.489 e. The van der Waals surface area contributed by atoms with Crippen LogP contribution in [0.3, 0.4) is 0 Å². The standard InChI is InChI=1S/C30H21Cl3N2O6/c1-16-19(12-20(30(36)39-2)13-26(16)35(37)38)9-6-17-10-11-21(14-25(17)33)40-15-22-28(34-41-29(22)18-7-8-18)27-23(31)4-3-5-24(27)32/h3-5,10-14,18H,7-8,15H2,1-2H3. The fourth-order valence-corrected chi connectivity index (χ4v) is 5.07. The second kappa shape index (κ2) is 11.8. The Morgan fingerprint density at radius 3 is 2.41 bits per heavy atom. The largest absolute Gasteiger partial charge is 0.489 e. The number of ether oxygens (including phenoxy) is 2. The van der Waals surface area contributed by atoms with Gasteiger partial charge in [0.05, 0.1) is 38.2 Å². The van der Waals surface area contributed by atoms with E-state index in [9.17, 15) is 14.9 Å². The van der Waals surface area contributed by atoms with Gasteiger partial charge in [-0.1, -0.05) is 57.9 Å². The average molecular weight is 612 g/mol. The lowest BCUT2D eigenvalue weighted by Gasteiger charge is -2.10. The number of halogens is 3. The lowest BCUT2D eigenvalue weighted by Crippen LogP contribution is -2.04. The van der Waals surface area contributed by atoms with Crippen LogP contribution in [-0.4, -0.2) is 23.2 Å². The predicted molar refractivity (Wildman–Crippen MR) is 155 cm³/mol. The van der Waals surface area contributed by atoms with Crippen molar-refractivity contribution in [2.45, 2.75) is 32.3 Å². The van der Waals surface area contributed by atoms with Crippen molar-refractivity contribution in [3.05, 3.63) is 107 Å². The van der Waals surface area contributed by atoms with Crippen molar-refractivity contribution in [2.75, 3.05) is 7.11 Å². The summed E-state index contributed by atoms with van der Waals surface area (Å²) in [6.45, 7) is 1.71. The van der Waals surface area contributed by atoms with Crippen LogP contribution in [0.1, 0.15) is 57.1 Å². The van der Waals surface area contributed by atoms with Gasteiger partial charge in [0, 0.05) is 40.3 Å². The van der Waals surface area contributed by atoms with E-state index < -0.39 is 10.9 Å². The molecule has 0 unspecified atom stereocenters. The van der Waals surface area contributed by atoms with Crippen molar-refractivity contribution in [1.29, 1.82) is 0 Å². The molecular formula is C30H21Cl3N2O6. The van der Waals surface area contributed by atoms with Crippen molar-refractivity contribution < 1.29 is 23.7 Å². The Kier molecular flexibility index (Phi) is 8.22. The molecule has 1 aromatic heterocycles. The second-order valence-electron chi connectivity index (χ2n) is 9.34. The number of carbonyl (C=O) groups is 1. The Balaban J connectivity index is 1.41. The number of nitro groups is 1. The monoisotopic (exact) mass is 610 g/mol. The molecule has 1 saturated carbocycles. The number of esters is 1. The first kappa shape index (κ1) is 28.5. The quantitative estimate of drug-likeness (QED) is 0.0898. The van der Waals surface area contributed by atoms with Crippen LogP contribution < -0.4 is 4.74 Å². The highest BCUT2D eigenvalue weighted by molar-refractivity contribution is 6.39. The zero-order chi connectivity index (χ0) is 29.3. The summed E-state index contributed by atoms with van der Waals surface area (Å²) < 4.78 is 16.5. The Bertz CT molecular complexity index is 1730. The van der Waals surface area contributed by atoms with Crippen molar-refractivity contribution in [2.24, 2.45) is 0 Å². The van der Waals surface area contributed by atoms with Gasteiger partial charge in [-0.05, 0) is 50.1 Å². The maximum Gasteiger partial charge on any atom is 0.338 e. The molecule has 1 fully saturated rings. The summed E-state index contributed by atoms with van der Waals surface area (Å²) in [5.41, 5.74) is 2.78. The van der Waals surface area contributed by atoms with Gasteiger partial charge in [-0.3, -0.25) is 10.1 Å². The van der Waals surface area contributed by atoms with E-state index in [1.807, 2.05) is 0 Å². The minimum absolute atomic E-state index is 0.0284. The average Bonchev–Trinajstić information content (AvgIpc) is 3.71. The van der Waals surface area contributed by atoms with E-state index in [1.165, 1.54) is 19.2 Å². The molecule has 0 spiro atoms. The molecule has 3 aromatic carbocycles. The van der Waals surface area contributed by atoms with Crippen LogP contribution in [0.15, 0.2) is 53.1 Å². The fourth-order valence-electron chi connectivity index (χ4n) is 4.28. The summed E-state index contributed by atoms with van der Waals surface area (Å²) in [4.78, 5) is 22.9. The maximum absolute atomic E-state index is 12.0. The molecule has 0 bridgehead atoms. The van der Waals surface area contributed by atoms with Gasteiger partial charge < -0.3 is 14.0 Å². The van der Waals surface area contributed by atoms with Gasteiger partial charge in [-0.2, -0.15) is 0 Å². The van der Waals surface area contributed by atoms with Crippen molar-refractivity contribution >= 4 is 46.5 Å². The SMILES string of the molecule is COC(=O)c1cc(C#Cc2ccc(OCc3c(-c4c(Cl)cccc4Cl)noc3C3CC3)cc2Cl)c(C)c([N+](=O)[O-])c1. The molecule has 41 heavy (non-hydrogen) atoms. The third-order valence-corrected chi connectivity index (χ3v) is 7.56. The molecule has 0 amide bonds. The first-order valence-corrected chi connectivity index (χ1v) is 13.6. The van der Waals surface area contributed by atoms with Crippen molar-refractivity contribution in [3.63, 3.8) is 0 Å². The Labute approximate surface area is 250 Å². The summed E-state index contributed by atoms with van der Waals surface area (Å²) in [5, 5.41) is 17.0. The van der Waals surface area contributed by atoms with Crippen molar-refractivity contribution in [3.8, 4) is 28.8 Å². The number of benzene rings is 3. The summed E-state index contributed by atoms with van der Waals surface area (Å²) in [6.07, 6.45) is 2.00. The molecule has 0 atom stereocenters. The van der Waals surface area contributed by atoms with Crippen LogP contribution in [0.4, 0.5) is 5.69 Å². The molecule has 1 aliphatic rings. The molecule has 5 rings (SSSR count). The molecule has 1 heterocycles. The maximum atomic E-state index is 12.0. The third kappa shape index (κ3) is 6.03. The van der Waals surface area contributed by atoms with Gasteiger partial charge >= 0.3 is 5.97 Å². The van der Waals surface area contributed by atoms with Crippen LogP contribution in [0.2, 0.25) is 15.1 Å². The number of rotatable bonds is 7. The molecular weight excluding hydrogens is 591 g/mol. The lowest BCUT2D eigenvalue weighted by molar-refractivity contribution is -0.385. The molecule has 0 aliphatic heterocycles. The molecule has 0 saturated heterocycles. The molecule has 1 aliphatic carbocycles. The number of hydrogen-bond acceptors (Lipinski definition) is 7. The van der Waals surface area contributed by atoms with Gasteiger partial charge in [0.25, 0.3) is 5.69 Å². The van der Waals surface area contributed by atoms with Gasteiger partial charge in [-0.25, -0.2) is 4.79 Å². The van der Waals surface area contributed by atoms with Crippen LogP contribution in [0.25, 0.3) is 11.3 Å². The Hall–Kier alpha value is -4.03. The molecule has 4 aromatic rings. The van der Waals surface area contributed by atoms with Crippen LogP contribution in [0.5, 0.6) is 5.75 Å². The van der Waals surface area contributed by atoms with Gasteiger partial charge in [0.15, 0.2) is 0 Å². The molecule has 8 nitrogen and oxygen atoms in total. The molecule has 208 valence electrons. The summed E-state index contributed by atoms with van der Waals surface area (Å²) in [7, 11) is 1.20. The normalized spacial score (nSPS) is 12.4. The molecule has 0 radical (unpaired) electrons. The van der Waals surface area contributed by atoms with Gasteiger partial charge in [-0.15, -0.1) is 0 Å². The number of nitrogens with zero attached hydrogens (tertiary/aromatic N) is 2. The Morgan fingerprint density at radius 1 is 1.07 bits per heavy atom. The number of aromatic nitrogens is 1. The highest BCUT2D eigenvalue weighted by Gasteiger charge is 2.33. The predicted octanol–water partition coefficient (Wildman–Crippen LogP) is 8.16. The Morgan fingerprint density at radius 2 is 1.78 bits per heavy atom. The smallest absolute Gasteiger partial charge is 0.338 e. The van der Waals surface area contributed by atoms with E-state index in [2.05, 4.69) is 17.0 Å². The van der Waals surface area contributed by atoms with Gasteiger partial charge in [0.1, 0.15) is 23.8 Å². The summed E-state index contributed by atoms with van der Waals surface area (Å²) in [5.74, 6) is 6.62. The highest BCUT2D eigenvalue weighted by atomic mass is 35.5. The van der Waals surface area contributed by atoms with Crippen LogP contribution in [-0.2, 0) is 11.3 Å². The molecule has 0 N–H and O–H groups in total. The number of nitro benzene ring substituents is 1. The number of carbonyl (C=O) groups excluding carboxylic acids is 1. The van der Waals surface area contributed by atoms with Crippen LogP contribution in [0, 0.1) is 28.9 Å². The zero-order valence-corrected chi connectivity index (χ0v) is 24.1. The van der Waals surface area contributed by atoms with Crippen LogP contribution >= 0.6 is 34.8 Å². The highest BCUT2D eigenvalue weighted by Crippen LogP contribution is 2.46. The second-order valence-corrected chi connectivity index (χ2v) is 10.6. The fraction of sp³-hybridized carbons (Fsp3) is 0.200. The third-order valence-electron chi connectivity index (χ3n) is 6.62. The van der Waals surface area contributed by atoms with Gasteiger partial charge in [0.2, 0.25) is 0 Å². The first-order valence-electron chi connectivity index (χ1n) is 12.4. The number of methoxy groups -OCH3 is 1. The van der Waals surface area contributed by atoms with E-state index in [4.69, 9.17) is 48.8 Å². The zero-order valence-electron chi connectivity index (χ0n) is 21.8. The minimum atomic E-state index is -0.701. The summed E-state index contributed by atoms with van der Waals surface area (Å²) >= 11 is 19.4.